The zero-order valence-electron chi connectivity index (χ0n) is 20.3. The highest BCUT2D eigenvalue weighted by molar-refractivity contribution is 5.79. The van der Waals surface area contributed by atoms with Crippen LogP contribution in [-0.2, 0) is 23.1 Å². The van der Waals surface area contributed by atoms with E-state index >= 15 is 0 Å². The summed E-state index contributed by atoms with van der Waals surface area (Å²) < 4.78 is 6.61. The fourth-order valence-electron chi connectivity index (χ4n) is 7.93. The van der Waals surface area contributed by atoms with Crippen molar-refractivity contribution in [2.24, 2.45) is 5.92 Å². The molecule has 1 spiro atoms. The molecule has 2 N–H and O–H groups in total. The van der Waals surface area contributed by atoms with Gasteiger partial charge in [-0.05, 0) is 68.2 Å². The minimum atomic E-state index is -0.920. The first-order valence-electron chi connectivity index (χ1n) is 13.2. The number of carbonyl (C=O) groups is 1. The van der Waals surface area contributed by atoms with E-state index in [4.69, 9.17) is 4.74 Å². The number of aromatic hydroxyl groups is 1. The summed E-state index contributed by atoms with van der Waals surface area (Å²) in [6.07, 6.45) is 5.49. The molecule has 184 valence electrons. The van der Waals surface area contributed by atoms with Crippen LogP contribution < -0.4 is 4.74 Å². The van der Waals surface area contributed by atoms with Gasteiger partial charge in [-0.2, -0.15) is 0 Å². The number of hydrogen-bond donors (Lipinski definition) is 2. The van der Waals surface area contributed by atoms with E-state index in [0.29, 0.717) is 25.0 Å². The molecule has 35 heavy (non-hydrogen) atoms. The van der Waals surface area contributed by atoms with E-state index in [1.165, 1.54) is 18.4 Å². The van der Waals surface area contributed by atoms with Gasteiger partial charge in [0.2, 0.25) is 5.91 Å². The summed E-state index contributed by atoms with van der Waals surface area (Å²) in [7, 11) is 1.88. The van der Waals surface area contributed by atoms with Gasteiger partial charge in [0.1, 0.15) is 6.10 Å². The van der Waals surface area contributed by atoms with Gasteiger partial charge in [-0.3, -0.25) is 9.69 Å². The highest BCUT2D eigenvalue weighted by atomic mass is 16.5. The molecular formula is C29H34N2O4. The maximum atomic E-state index is 13.4. The Morgan fingerprint density at radius 1 is 1.14 bits per heavy atom. The highest BCUT2D eigenvalue weighted by Gasteiger charge is 2.73. The molecule has 5 unspecified atom stereocenters. The minimum Gasteiger partial charge on any atom is -0.504 e. The van der Waals surface area contributed by atoms with Gasteiger partial charge >= 0.3 is 0 Å². The molecule has 3 fully saturated rings. The lowest BCUT2D eigenvalue weighted by Crippen LogP contribution is -2.78. The summed E-state index contributed by atoms with van der Waals surface area (Å²) in [6.45, 7) is 1.99. The molecule has 1 saturated heterocycles. The number of likely N-dealkylation sites (N-methyl/N-ethyl adjacent to an activating group) is 1. The quantitative estimate of drug-likeness (QED) is 0.697. The molecule has 0 aromatic heterocycles. The van der Waals surface area contributed by atoms with Crippen LogP contribution in [0.25, 0.3) is 0 Å². The van der Waals surface area contributed by atoms with Crippen LogP contribution in [0.15, 0.2) is 42.5 Å². The van der Waals surface area contributed by atoms with Crippen molar-refractivity contribution in [3.05, 3.63) is 59.2 Å². The largest absolute Gasteiger partial charge is 0.504 e. The molecule has 6 heteroatoms. The molecule has 0 radical (unpaired) electrons. The van der Waals surface area contributed by atoms with E-state index < -0.39 is 11.0 Å². The third-order valence-corrected chi connectivity index (χ3v) is 9.82. The van der Waals surface area contributed by atoms with E-state index in [2.05, 4.69) is 4.90 Å². The Morgan fingerprint density at radius 2 is 1.94 bits per heavy atom. The van der Waals surface area contributed by atoms with Gasteiger partial charge < -0.3 is 19.8 Å². The average molecular weight is 475 g/mol. The van der Waals surface area contributed by atoms with Crippen LogP contribution in [0, 0.1) is 5.92 Å². The van der Waals surface area contributed by atoms with Crippen LogP contribution in [0.1, 0.15) is 48.8 Å². The molecule has 5 atom stereocenters. The number of piperidine rings is 1. The van der Waals surface area contributed by atoms with Crippen LogP contribution >= 0.6 is 0 Å². The number of phenolic OH excluding ortho intramolecular Hbond substituents is 1. The number of rotatable bonds is 5. The van der Waals surface area contributed by atoms with E-state index in [1.807, 2.05) is 48.3 Å². The molecule has 1 amide bonds. The number of carbonyl (C=O) groups excluding carboxylic acids is 1. The lowest BCUT2D eigenvalue weighted by Gasteiger charge is -2.64. The molecule has 2 aromatic carbocycles. The summed E-state index contributed by atoms with van der Waals surface area (Å²) in [6, 6.07) is 13.5. The summed E-state index contributed by atoms with van der Waals surface area (Å²) in [5.74, 6) is 1.50. The summed E-state index contributed by atoms with van der Waals surface area (Å²) in [4.78, 5) is 17.8. The van der Waals surface area contributed by atoms with Crippen molar-refractivity contribution in [2.45, 2.75) is 74.1 Å². The molecule has 2 bridgehead atoms. The second-order valence-corrected chi connectivity index (χ2v) is 11.6. The first kappa shape index (κ1) is 21.7. The van der Waals surface area contributed by atoms with Crippen LogP contribution in [0.5, 0.6) is 11.5 Å². The third kappa shape index (κ3) is 2.93. The normalized spacial score (nSPS) is 34.7. The van der Waals surface area contributed by atoms with Gasteiger partial charge in [-0.15, -0.1) is 0 Å². The van der Waals surface area contributed by atoms with Crippen molar-refractivity contribution < 1.29 is 19.7 Å². The number of phenols is 1. The predicted octanol–water partition coefficient (Wildman–Crippen LogP) is 3.03. The van der Waals surface area contributed by atoms with E-state index in [9.17, 15) is 15.0 Å². The SMILES string of the molecule is CN(C(=O)Cc1ccccc1)C1CCC2(O)C3Cc4ccc(O)c5c4C2(CCN3CC2CC2)C1O5. The molecule has 5 aliphatic rings. The Balaban J connectivity index is 1.28. The van der Waals surface area contributed by atoms with E-state index in [-0.39, 0.29) is 29.8 Å². The summed E-state index contributed by atoms with van der Waals surface area (Å²) >= 11 is 0. The lowest BCUT2D eigenvalue weighted by molar-refractivity contribution is -0.200. The van der Waals surface area contributed by atoms with Gasteiger partial charge in [0, 0.05) is 25.2 Å². The second kappa shape index (κ2) is 7.47. The summed E-state index contributed by atoms with van der Waals surface area (Å²) in [5, 5.41) is 23.4. The van der Waals surface area contributed by atoms with E-state index in [0.717, 1.165) is 43.0 Å². The van der Waals surface area contributed by atoms with Gasteiger partial charge in [0.25, 0.3) is 0 Å². The number of ether oxygens (including phenoxy) is 1. The van der Waals surface area contributed by atoms with Crippen molar-refractivity contribution in [1.82, 2.24) is 9.80 Å². The minimum absolute atomic E-state index is 0.0530. The smallest absolute Gasteiger partial charge is 0.227 e. The van der Waals surface area contributed by atoms with Crippen molar-refractivity contribution in [3.63, 3.8) is 0 Å². The topological polar surface area (TPSA) is 73.2 Å². The summed E-state index contributed by atoms with van der Waals surface area (Å²) in [5.41, 5.74) is 1.69. The van der Waals surface area contributed by atoms with Crippen LogP contribution in [0.3, 0.4) is 0 Å². The van der Waals surface area contributed by atoms with Crippen LogP contribution in [-0.4, -0.2) is 69.8 Å². The molecule has 2 saturated carbocycles. The highest BCUT2D eigenvalue weighted by Crippen LogP contribution is 2.66. The average Bonchev–Trinajstić information content (AvgIpc) is 3.60. The van der Waals surface area contributed by atoms with Crippen molar-refractivity contribution in [2.75, 3.05) is 20.1 Å². The second-order valence-electron chi connectivity index (χ2n) is 11.6. The van der Waals surface area contributed by atoms with E-state index in [1.54, 1.807) is 6.07 Å². The fourth-order valence-corrected chi connectivity index (χ4v) is 7.93. The van der Waals surface area contributed by atoms with Gasteiger partial charge in [0.15, 0.2) is 11.5 Å². The molecule has 6 nitrogen and oxygen atoms in total. The van der Waals surface area contributed by atoms with Gasteiger partial charge in [-0.1, -0.05) is 36.4 Å². The number of hydrogen-bond acceptors (Lipinski definition) is 5. The first-order valence-corrected chi connectivity index (χ1v) is 13.2. The fraction of sp³-hybridized carbons (Fsp3) is 0.552. The van der Waals surface area contributed by atoms with Gasteiger partial charge in [0.05, 0.1) is 23.5 Å². The maximum absolute atomic E-state index is 13.4. The van der Waals surface area contributed by atoms with Gasteiger partial charge in [-0.25, -0.2) is 0 Å². The van der Waals surface area contributed by atoms with Crippen molar-refractivity contribution in [3.8, 4) is 11.5 Å². The predicted molar refractivity (Wildman–Crippen MR) is 131 cm³/mol. The number of likely N-dealkylation sites (tertiary alicyclic amines) is 1. The molecule has 3 aliphatic carbocycles. The Labute approximate surface area is 206 Å². The maximum Gasteiger partial charge on any atom is 0.227 e. The van der Waals surface area contributed by atoms with Crippen LogP contribution in [0.2, 0.25) is 0 Å². The first-order chi connectivity index (χ1) is 16.9. The van der Waals surface area contributed by atoms with Crippen molar-refractivity contribution in [1.29, 1.82) is 0 Å². The van der Waals surface area contributed by atoms with Crippen LogP contribution in [0.4, 0.5) is 0 Å². The molecule has 7 rings (SSSR count). The Bertz CT molecular complexity index is 1180. The number of aliphatic hydroxyl groups is 1. The molecule has 2 aliphatic heterocycles. The monoisotopic (exact) mass is 474 g/mol. The Kier molecular flexibility index (Phi) is 4.63. The zero-order chi connectivity index (χ0) is 23.9. The number of benzene rings is 2. The standard InChI is InChI=1S/C29H34N2O4/c1-30(24(33)15-18-5-3-2-4-6-18)21-11-12-29(34)23-16-20-9-10-22(32)26-25(20)28(29,27(21)35-26)13-14-31(23)17-19-7-8-19/h2-6,9-10,19,21,23,27,32,34H,7-8,11-17H2,1H3. The lowest BCUT2D eigenvalue weighted by atomic mass is 9.48. The molecular weight excluding hydrogens is 440 g/mol. The number of amides is 1. The number of nitrogens with zero attached hydrogens (tertiary/aromatic N) is 2. The zero-order valence-corrected chi connectivity index (χ0v) is 20.3. The Hall–Kier alpha value is -2.57. The Morgan fingerprint density at radius 3 is 2.71 bits per heavy atom. The molecule has 2 heterocycles. The molecule has 2 aromatic rings. The third-order valence-electron chi connectivity index (χ3n) is 9.82. The van der Waals surface area contributed by atoms with Crippen molar-refractivity contribution >= 4 is 5.91 Å².